The molecular formula is C6H10ClNO2. The predicted molar refractivity (Wildman–Crippen MR) is 38.0 cm³/mol. The first-order chi connectivity index (χ1) is 4.55. The Morgan fingerprint density at radius 1 is 1.80 bits per heavy atom. The molecule has 0 aliphatic carbocycles. The molecule has 3 nitrogen and oxygen atoms in total. The number of carbonyl (C=O) groups is 1. The monoisotopic (exact) mass is 163 g/mol. The Balaban J connectivity index is 2.61. The van der Waals surface area contributed by atoms with Crippen LogP contribution < -0.4 is 0 Å². The van der Waals surface area contributed by atoms with Gasteiger partial charge in [0, 0.05) is 0 Å². The van der Waals surface area contributed by atoms with E-state index in [9.17, 15) is 4.79 Å². The molecule has 0 bridgehead atoms. The molecule has 10 heavy (non-hydrogen) atoms. The van der Waals surface area contributed by atoms with E-state index in [1.807, 2.05) is 13.8 Å². The van der Waals surface area contributed by atoms with Gasteiger partial charge in [0.05, 0.1) is 12.5 Å². The third kappa shape index (κ3) is 1.34. The third-order valence-corrected chi connectivity index (χ3v) is 1.63. The molecule has 0 N–H and O–H groups in total. The highest BCUT2D eigenvalue weighted by atomic mass is 35.5. The number of halogens is 1. The van der Waals surface area contributed by atoms with Crippen LogP contribution in [0.25, 0.3) is 0 Å². The van der Waals surface area contributed by atoms with Gasteiger partial charge in [-0.1, -0.05) is 0 Å². The van der Waals surface area contributed by atoms with Crippen molar-refractivity contribution in [3.8, 4) is 0 Å². The van der Waals surface area contributed by atoms with Gasteiger partial charge in [-0.25, -0.2) is 4.79 Å². The van der Waals surface area contributed by atoms with Crippen molar-refractivity contribution in [2.75, 3.05) is 12.5 Å². The SMILES string of the molecule is CC1(C)CN(CCl)C(=O)O1. The van der Waals surface area contributed by atoms with Gasteiger partial charge in [0.15, 0.2) is 0 Å². The van der Waals surface area contributed by atoms with Gasteiger partial charge in [-0.3, -0.25) is 4.90 Å². The number of amides is 1. The van der Waals surface area contributed by atoms with Gasteiger partial charge in [0.25, 0.3) is 0 Å². The zero-order valence-corrected chi connectivity index (χ0v) is 6.81. The highest BCUT2D eigenvalue weighted by molar-refractivity contribution is 6.18. The summed E-state index contributed by atoms with van der Waals surface area (Å²) >= 11 is 5.46. The minimum atomic E-state index is -0.369. The fraction of sp³-hybridized carbons (Fsp3) is 0.833. The van der Waals surface area contributed by atoms with Crippen molar-refractivity contribution in [3.63, 3.8) is 0 Å². The molecule has 1 heterocycles. The predicted octanol–water partition coefficient (Wildman–Crippen LogP) is 1.41. The number of alkyl halides is 1. The molecule has 1 aliphatic heterocycles. The van der Waals surface area contributed by atoms with Crippen LogP contribution in [0.2, 0.25) is 0 Å². The molecule has 1 rings (SSSR count). The average Bonchev–Trinajstić information content (AvgIpc) is 2.05. The summed E-state index contributed by atoms with van der Waals surface area (Å²) in [5, 5.41) is 0. The molecular weight excluding hydrogens is 154 g/mol. The van der Waals surface area contributed by atoms with Crippen LogP contribution in [0.15, 0.2) is 0 Å². The molecule has 0 spiro atoms. The van der Waals surface area contributed by atoms with Crippen LogP contribution in [0, 0.1) is 0 Å². The Kier molecular flexibility index (Phi) is 1.77. The van der Waals surface area contributed by atoms with E-state index in [0.29, 0.717) is 6.54 Å². The van der Waals surface area contributed by atoms with E-state index >= 15 is 0 Å². The topological polar surface area (TPSA) is 29.5 Å². The maximum Gasteiger partial charge on any atom is 0.411 e. The lowest BCUT2D eigenvalue weighted by molar-refractivity contribution is 0.0861. The van der Waals surface area contributed by atoms with Crippen LogP contribution in [0.4, 0.5) is 4.79 Å². The first kappa shape index (κ1) is 7.66. The van der Waals surface area contributed by atoms with Crippen LogP contribution in [0.5, 0.6) is 0 Å². The maximum absolute atomic E-state index is 10.8. The first-order valence-electron chi connectivity index (χ1n) is 3.09. The lowest BCUT2D eigenvalue weighted by Gasteiger charge is -2.13. The molecule has 0 aromatic heterocycles. The zero-order valence-electron chi connectivity index (χ0n) is 6.06. The summed E-state index contributed by atoms with van der Waals surface area (Å²) in [5.41, 5.74) is -0.369. The first-order valence-corrected chi connectivity index (χ1v) is 3.62. The molecule has 0 unspecified atom stereocenters. The second-order valence-corrected chi connectivity index (χ2v) is 3.18. The van der Waals surface area contributed by atoms with Gasteiger partial charge in [-0.05, 0) is 13.8 Å². The van der Waals surface area contributed by atoms with Crippen molar-refractivity contribution in [2.24, 2.45) is 0 Å². The molecule has 1 fully saturated rings. The minimum absolute atomic E-state index is 0.211. The molecule has 4 heteroatoms. The Morgan fingerprint density at radius 2 is 2.40 bits per heavy atom. The number of cyclic esters (lactones) is 1. The fourth-order valence-electron chi connectivity index (χ4n) is 0.948. The van der Waals surface area contributed by atoms with E-state index in [1.54, 1.807) is 0 Å². The number of carbonyl (C=O) groups excluding carboxylic acids is 1. The van der Waals surface area contributed by atoms with Crippen LogP contribution in [0.3, 0.4) is 0 Å². The van der Waals surface area contributed by atoms with Crippen molar-refractivity contribution in [1.29, 1.82) is 0 Å². The van der Waals surface area contributed by atoms with Crippen molar-refractivity contribution in [3.05, 3.63) is 0 Å². The van der Waals surface area contributed by atoms with E-state index in [4.69, 9.17) is 16.3 Å². The molecule has 0 saturated carbocycles. The summed E-state index contributed by atoms with van der Waals surface area (Å²) in [4.78, 5) is 12.3. The molecule has 1 saturated heterocycles. The summed E-state index contributed by atoms with van der Waals surface area (Å²) < 4.78 is 4.95. The van der Waals surface area contributed by atoms with Crippen LogP contribution >= 0.6 is 11.6 Å². The largest absolute Gasteiger partial charge is 0.441 e. The molecule has 0 atom stereocenters. The lowest BCUT2D eigenvalue weighted by Crippen LogP contribution is -2.27. The fourth-order valence-corrected chi connectivity index (χ4v) is 1.13. The number of hydrogen-bond donors (Lipinski definition) is 0. The molecule has 0 radical (unpaired) electrons. The van der Waals surface area contributed by atoms with Gasteiger partial charge in [0.1, 0.15) is 5.60 Å². The normalized spacial score (nSPS) is 23.1. The van der Waals surface area contributed by atoms with Gasteiger partial charge < -0.3 is 4.74 Å². The summed E-state index contributed by atoms with van der Waals surface area (Å²) in [6.45, 7) is 4.30. The van der Waals surface area contributed by atoms with Gasteiger partial charge in [0.2, 0.25) is 0 Å². The van der Waals surface area contributed by atoms with Crippen LogP contribution in [-0.4, -0.2) is 29.1 Å². The van der Waals surface area contributed by atoms with Crippen molar-refractivity contribution in [2.45, 2.75) is 19.4 Å². The number of hydrogen-bond acceptors (Lipinski definition) is 2. The molecule has 1 amide bonds. The highest BCUT2D eigenvalue weighted by Crippen LogP contribution is 2.21. The van der Waals surface area contributed by atoms with E-state index in [-0.39, 0.29) is 17.7 Å². The van der Waals surface area contributed by atoms with Gasteiger partial charge >= 0.3 is 6.09 Å². The average molecular weight is 164 g/mol. The molecule has 0 aromatic carbocycles. The second kappa shape index (κ2) is 2.31. The van der Waals surface area contributed by atoms with E-state index in [1.165, 1.54) is 4.90 Å². The minimum Gasteiger partial charge on any atom is -0.441 e. The summed E-state index contributed by atoms with van der Waals surface area (Å²) in [5.74, 6) is 0. The molecule has 0 aromatic rings. The quantitative estimate of drug-likeness (QED) is 0.432. The van der Waals surface area contributed by atoms with E-state index in [0.717, 1.165) is 0 Å². The standard InChI is InChI=1S/C6H10ClNO2/c1-6(2)3-8(4-7)5(9)10-6/h3-4H2,1-2H3. The number of rotatable bonds is 1. The van der Waals surface area contributed by atoms with Crippen LogP contribution in [-0.2, 0) is 4.74 Å². The summed E-state index contributed by atoms with van der Waals surface area (Å²) in [6.07, 6.45) is -0.319. The Bertz CT molecular complexity index is 158. The van der Waals surface area contributed by atoms with Crippen molar-refractivity contribution in [1.82, 2.24) is 4.90 Å². The van der Waals surface area contributed by atoms with E-state index < -0.39 is 0 Å². The highest BCUT2D eigenvalue weighted by Gasteiger charge is 2.36. The van der Waals surface area contributed by atoms with E-state index in [2.05, 4.69) is 0 Å². The smallest absolute Gasteiger partial charge is 0.411 e. The number of ether oxygens (including phenoxy) is 1. The molecule has 1 aliphatic rings. The Morgan fingerprint density at radius 3 is 2.60 bits per heavy atom. The van der Waals surface area contributed by atoms with Gasteiger partial charge in [-0.15, -0.1) is 11.6 Å². The molecule has 58 valence electrons. The second-order valence-electron chi connectivity index (χ2n) is 2.95. The Hall–Kier alpha value is -0.440. The zero-order chi connectivity index (χ0) is 7.78. The van der Waals surface area contributed by atoms with Crippen LogP contribution in [0.1, 0.15) is 13.8 Å². The van der Waals surface area contributed by atoms with Crippen molar-refractivity contribution >= 4 is 17.7 Å². The summed E-state index contributed by atoms with van der Waals surface area (Å²) in [6, 6.07) is 0.211. The maximum atomic E-state index is 10.8. The summed E-state index contributed by atoms with van der Waals surface area (Å²) in [7, 11) is 0. The van der Waals surface area contributed by atoms with Crippen molar-refractivity contribution < 1.29 is 9.53 Å². The Labute approximate surface area is 64.9 Å². The number of nitrogens with zero attached hydrogens (tertiary/aromatic N) is 1. The third-order valence-electron chi connectivity index (χ3n) is 1.34. The lowest BCUT2D eigenvalue weighted by atomic mass is 10.1. The van der Waals surface area contributed by atoms with Gasteiger partial charge in [-0.2, -0.15) is 0 Å².